The van der Waals surface area contributed by atoms with Gasteiger partial charge in [-0.3, -0.25) is 19.2 Å². The molecular formula is C29H21F3N6O2S. The number of hydrogen-bond acceptors (Lipinski definition) is 7. The lowest BCUT2D eigenvalue weighted by molar-refractivity contribution is -0.274. The number of imidazole rings is 1. The Kier molecular flexibility index (Phi) is 6.70. The highest BCUT2D eigenvalue weighted by atomic mass is 32.2. The number of alkyl halides is 3. The van der Waals surface area contributed by atoms with Gasteiger partial charge in [0.2, 0.25) is 5.91 Å². The summed E-state index contributed by atoms with van der Waals surface area (Å²) in [6.45, 7) is 3.92. The molecule has 0 atom stereocenters. The van der Waals surface area contributed by atoms with Crippen LogP contribution in [0.25, 0.3) is 27.6 Å². The Hall–Kier alpha value is -4.71. The SMILES string of the molecule is Cc1cccc(C)c1N1C(=O)CS/C1=N\N=C/c1cnc2c(ccc3c2ncn3-c2ccc(OC(F)(F)F)cc2)c1. The molecule has 0 unspecified atom stereocenters. The lowest BCUT2D eigenvalue weighted by Gasteiger charge is -2.20. The molecule has 3 aromatic carbocycles. The molecule has 5 aromatic rings. The van der Waals surface area contributed by atoms with E-state index in [0.717, 1.165) is 27.7 Å². The summed E-state index contributed by atoms with van der Waals surface area (Å²) in [4.78, 5) is 23.4. The first-order chi connectivity index (χ1) is 19.7. The maximum Gasteiger partial charge on any atom is 0.573 e. The number of hydrogen-bond donors (Lipinski definition) is 0. The number of fused-ring (bicyclic) bond motifs is 3. The fraction of sp³-hybridized carbons (Fsp3) is 0.138. The van der Waals surface area contributed by atoms with Crippen LogP contribution in [0.4, 0.5) is 18.9 Å². The molecule has 0 radical (unpaired) electrons. The van der Waals surface area contributed by atoms with Crippen molar-refractivity contribution < 1.29 is 22.7 Å². The van der Waals surface area contributed by atoms with Gasteiger partial charge < -0.3 is 4.74 Å². The number of nitrogens with zero attached hydrogens (tertiary/aromatic N) is 6. The van der Waals surface area contributed by atoms with Gasteiger partial charge in [0.1, 0.15) is 17.6 Å². The quantitative estimate of drug-likeness (QED) is 0.175. The van der Waals surface area contributed by atoms with Crippen LogP contribution in [0.3, 0.4) is 0 Å². The first-order valence-corrected chi connectivity index (χ1v) is 13.4. The van der Waals surface area contributed by atoms with E-state index in [-0.39, 0.29) is 11.7 Å². The van der Waals surface area contributed by atoms with E-state index in [1.807, 2.05) is 50.2 Å². The summed E-state index contributed by atoms with van der Waals surface area (Å²) in [5.74, 6) is -0.0376. The van der Waals surface area contributed by atoms with Crippen LogP contribution in [0.1, 0.15) is 16.7 Å². The zero-order valence-electron chi connectivity index (χ0n) is 21.8. The van der Waals surface area contributed by atoms with Crippen molar-refractivity contribution in [2.45, 2.75) is 20.2 Å². The maximum atomic E-state index is 12.6. The first-order valence-electron chi connectivity index (χ1n) is 12.4. The molecule has 3 heterocycles. The Morgan fingerprint density at radius 2 is 1.76 bits per heavy atom. The predicted molar refractivity (Wildman–Crippen MR) is 154 cm³/mol. The van der Waals surface area contributed by atoms with Gasteiger partial charge in [-0.25, -0.2) is 4.98 Å². The van der Waals surface area contributed by atoms with Gasteiger partial charge in [0.15, 0.2) is 5.17 Å². The molecular weight excluding hydrogens is 553 g/mol. The Bertz CT molecular complexity index is 1840. The average Bonchev–Trinajstić information content (AvgIpc) is 3.52. The number of amidine groups is 1. The highest BCUT2D eigenvalue weighted by Gasteiger charge is 2.32. The van der Waals surface area contributed by atoms with E-state index in [0.29, 0.717) is 33.2 Å². The van der Waals surface area contributed by atoms with Crippen molar-refractivity contribution in [3.63, 3.8) is 0 Å². The molecule has 0 bridgehead atoms. The van der Waals surface area contributed by atoms with E-state index >= 15 is 0 Å². The van der Waals surface area contributed by atoms with Gasteiger partial charge >= 0.3 is 6.36 Å². The molecule has 1 amide bonds. The van der Waals surface area contributed by atoms with Crippen molar-refractivity contribution >= 4 is 56.7 Å². The van der Waals surface area contributed by atoms with E-state index in [1.165, 1.54) is 36.0 Å². The number of para-hydroxylation sites is 1. The fourth-order valence-electron chi connectivity index (χ4n) is 4.74. The summed E-state index contributed by atoms with van der Waals surface area (Å²) >= 11 is 1.34. The molecule has 2 aromatic heterocycles. The third kappa shape index (κ3) is 5.25. The average molecular weight is 575 g/mol. The van der Waals surface area contributed by atoms with E-state index in [4.69, 9.17) is 0 Å². The molecule has 0 spiro atoms. The largest absolute Gasteiger partial charge is 0.573 e. The van der Waals surface area contributed by atoms with Crippen LogP contribution in [0.2, 0.25) is 0 Å². The van der Waals surface area contributed by atoms with Gasteiger partial charge in [-0.15, -0.1) is 18.3 Å². The minimum atomic E-state index is -4.75. The van der Waals surface area contributed by atoms with Crippen LogP contribution in [0.15, 0.2) is 83.4 Å². The summed E-state index contributed by atoms with van der Waals surface area (Å²) in [5.41, 5.74) is 6.20. The normalized spacial score (nSPS) is 15.2. The number of benzene rings is 3. The van der Waals surface area contributed by atoms with Gasteiger partial charge in [0.25, 0.3) is 0 Å². The van der Waals surface area contributed by atoms with E-state index in [2.05, 4.69) is 24.9 Å². The minimum absolute atomic E-state index is 0.0391. The van der Waals surface area contributed by atoms with Gasteiger partial charge in [0, 0.05) is 22.8 Å². The maximum absolute atomic E-state index is 12.6. The lowest BCUT2D eigenvalue weighted by atomic mass is 10.1. The summed E-state index contributed by atoms with van der Waals surface area (Å²) < 4.78 is 43.2. The Morgan fingerprint density at radius 1 is 1.00 bits per heavy atom. The second-order valence-electron chi connectivity index (χ2n) is 9.32. The highest BCUT2D eigenvalue weighted by molar-refractivity contribution is 8.15. The number of carbonyl (C=O) groups is 1. The smallest absolute Gasteiger partial charge is 0.406 e. The number of carbonyl (C=O) groups excluding carboxylic acids is 1. The predicted octanol–water partition coefficient (Wildman–Crippen LogP) is 6.56. The third-order valence-corrected chi connectivity index (χ3v) is 7.43. The monoisotopic (exact) mass is 574 g/mol. The summed E-state index contributed by atoms with van der Waals surface area (Å²) in [6, 6.07) is 17.1. The molecule has 206 valence electrons. The van der Waals surface area contributed by atoms with Crippen molar-refractivity contribution in [3.05, 3.63) is 89.9 Å². The molecule has 1 saturated heterocycles. The van der Waals surface area contributed by atoms with Crippen LogP contribution in [0, 0.1) is 13.8 Å². The number of pyridine rings is 1. The topological polar surface area (TPSA) is 85.0 Å². The minimum Gasteiger partial charge on any atom is -0.406 e. The fourth-order valence-corrected chi connectivity index (χ4v) is 5.54. The standard InChI is InChI=1S/C29H21F3N6O2S/c1-17-4-3-5-18(2)27(17)38-24(39)15-41-28(38)36-35-14-19-12-20-6-11-23-26(25(20)33-13-19)34-16-37(23)21-7-9-22(10-8-21)40-29(30,31)32/h3-14,16H,15H2,1-2H3/b35-14-,36-28-. The number of thioether (sulfide) groups is 1. The van der Waals surface area contributed by atoms with Gasteiger partial charge in [-0.2, -0.15) is 5.10 Å². The van der Waals surface area contributed by atoms with E-state index < -0.39 is 6.36 Å². The number of ether oxygens (including phenoxy) is 1. The van der Waals surface area contributed by atoms with Crippen LogP contribution in [-0.2, 0) is 4.79 Å². The summed E-state index contributed by atoms with van der Waals surface area (Å²) in [6.07, 6.45) is 0.0853. The van der Waals surface area contributed by atoms with Crippen molar-refractivity contribution in [3.8, 4) is 11.4 Å². The summed E-state index contributed by atoms with van der Waals surface area (Å²) in [7, 11) is 0. The van der Waals surface area contributed by atoms with Crippen molar-refractivity contribution in [1.29, 1.82) is 0 Å². The van der Waals surface area contributed by atoms with Gasteiger partial charge in [-0.05, 0) is 61.4 Å². The number of halogens is 3. The number of amides is 1. The molecule has 1 aliphatic rings. The first kappa shape index (κ1) is 26.5. The lowest BCUT2D eigenvalue weighted by Crippen LogP contribution is -2.30. The highest BCUT2D eigenvalue weighted by Crippen LogP contribution is 2.32. The summed E-state index contributed by atoms with van der Waals surface area (Å²) in [5, 5.41) is 9.93. The second-order valence-corrected chi connectivity index (χ2v) is 10.3. The van der Waals surface area contributed by atoms with Crippen molar-refractivity contribution in [2.75, 3.05) is 10.7 Å². The molecule has 0 saturated carbocycles. The Labute approximate surface area is 236 Å². The number of anilines is 1. The zero-order chi connectivity index (χ0) is 28.7. The Morgan fingerprint density at radius 3 is 2.49 bits per heavy atom. The van der Waals surface area contributed by atoms with Crippen molar-refractivity contribution in [2.24, 2.45) is 10.2 Å². The van der Waals surface area contributed by atoms with E-state index in [9.17, 15) is 18.0 Å². The van der Waals surface area contributed by atoms with Crippen LogP contribution in [-0.4, -0.2) is 43.9 Å². The van der Waals surface area contributed by atoms with Gasteiger partial charge in [-0.1, -0.05) is 36.0 Å². The molecule has 0 N–H and O–H groups in total. The molecule has 1 fully saturated rings. The van der Waals surface area contributed by atoms with Crippen molar-refractivity contribution in [1.82, 2.24) is 14.5 Å². The molecule has 0 aliphatic carbocycles. The van der Waals surface area contributed by atoms with Crippen LogP contribution in [0.5, 0.6) is 5.75 Å². The third-order valence-electron chi connectivity index (χ3n) is 6.51. The number of aryl methyl sites for hydroxylation is 2. The molecule has 12 heteroatoms. The number of aromatic nitrogens is 3. The molecule has 6 rings (SSSR count). The molecule has 41 heavy (non-hydrogen) atoms. The van der Waals surface area contributed by atoms with E-state index in [1.54, 1.807) is 28.2 Å². The molecule has 1 aliphatic heterocycles. The van der Waals surface area contributed by atoms with Crippen LogP contribution >= 0.6 is 11.8 Å². The van der Waals surface area contributed by atoms with Gasteiger partial charge in [0.05, 0.1) is 28.7 Å². The zero-order valence-corrected chi connectivity index (χ0v) is 22.6. The Balaban J connectivity index is 1.26. The van der Waals surface area contributed by atoms with Crippen LogP contribution < -0.4 is 9.64 Å². The second kappa shape index (κ2) is 10.4. The molecule has 8 nitrogen and oxygen atoms in total. The number of rotatable bonds is 5.